The molecule has 0 spiro atoms. The lowest BCUT2D eigenvalue weighted by molar-refractivity contribution is 0.0955. The van der Waals surface area contributed by atoms with Crippen molar-refractivity contribution >= 4 is 23.5 Å². The third-order valence-electron chi connectivity index (χ3n) is 5.44. The van der Waals surface area contributed by atoms with Crippen molar-refractivity contribution in [3.8, 4) is 16.8 Å². The van der Waals surface area contributed by atoms with Crippen molar-refractivity contribution in [1.29, 1.82) is 5.26 Å². The van der Waals surface area contributed by atoms with E-state index in [-0.39, 0.29) is 11.7 Å². The summed E-state index contributed by atoms with van der Waals surface area (Å²) in [6, 6.07) is 10.4. The molecule has 2 heterocycles. The first-order chi connectivity index (χ1) is 14.5. The van der Waals surface area contributed by atoms with Crippen molar-refractivity contribution in [2.75, 3.05) is 0 Å². The Labute approximate surface area is 179 Å². The molecule has 2 N–H and O–H groups in total. The smallest absolute Gasteiger partial charge is 0.271 e. The highest BCUT2D eigenvalue weighted by atomic mass is 32.1. The number of nitrogens with one attached hydrogen (secondary N) is 1. The fourth-order valence-electron chi connectivity index (χ4n) is 3.89. The molecule has 1 aliphatic rings. The normalized spacial score (nSPS) is 13.2. The van der Waals surface area contributed by atoms with Gasteiger partial charge in [-0.1, -0.05) is 0 Å². The standard InChI is InChI=1S/C23H22N4O2S/c1-14-11-17(13-25-26-22(29)16-7-9-18(28)10-8-16)15(2)27(14)23-20(12-24)19-5-3-4-6-21(19)30-23/h7-11,13,28H,3-6H2,1-2H3,(H,26,29)/b25-13+. The Balaban J connectivity index is 1.59. The van der Waals surface area contributed by atoms with Gasteiger partial charge in [0, 0.05) is 27.4 Å². The second kappa shape index (κ2) is 8.17. The number of aromatic nitrogens is 1. The summed E-state index contributed by atoms with van der Waals surface area (Å²) in [5.74, 6) is -0.243. The number of nitrogens with zero attached hydrogens (tertiary/aromatic N) is 3. The van der Waals surface area contributed by atoms with E-state index in [4.69, 9.17) is 0 Å². The van der Waals surface area contributed by atoms with E-state index in [0.29, 0.717) is 5.56 Å². The van der Waals surface area contributed by atoms with Gasteiger partial charge in [0.15, 0.2) is 0 Å². The van der Waals surface area contributed by atoms with Gasteiger partial charge < -0.3 is 9.67 Å². The van der Waals surface area contributed by atoms with Crippen LogP contribution < -0.4 is 5.43 Å². The van der Waals surface area contributed by atoms with Crippen LogP contribution in [0.15, 0.2) is 35.4 Å². The van der Waals surface area contributed by atoms with Gasteiger partial charge in [-0.2, -0.15) is 10.4 Å². The third kappa shape index (κ3) is 3.62. The van der Waals surface area contributed by atoms with E-state index in [1.807, 2.05) is 19.9 Å². The second-order valence-electron chi connectivity index (χ2n) is 7.41. The highest BCUT2D eigenvalue weighted by molar-refractivity contribution is 7.15. The number of aryl methyl sites for hydroxylation is 2. The topological polar surface area (TPSA) is 90.4 Å². The van der Waals surface area contributed by atoms with Gasteiger partial charge in [0.1, 0.15) is 16.8 Å². The molecule has 0 radical (unpaired) electrons. The van der Waals surface area contributed by atoms with E-state index in [1.165, 1.54) is 41.1 Å². The molecule has 4 rings (SSSR count). The Morgan fingerprint density at radius 3 is 2.73 bits per heavy atom. The molecule has 0 atom stereocenters. The van der Waals surface area contributed by atoms with Crippen molar-refractivity contribution in [2.45, 2.75) is 39.5 Å². The molecule has 7 heteroatoms. The minimum Gasteiger partial charge on any atom is -0.508 e. The monoisotopic (exact) mass is 418 g/mol. The molecule has 1 aromatic carbocycles. The number of rotatable bonds is 4. The second-order valence-corrected chi connectivity index (χ2v) is 8.49. The van der Waals surface area contributed by atoms with Crippen molar-refractivity contribution < 1.29 is 9.90 Å². The van der Waals surface area contributed by atoms with E-state index in [2.05, 4.69) is 21.2 Å². The van der Waals surface area contributed by atoms with Gasteiger partial charge in [-0.3, -0.25) is 4.79 Å². The average Bonchev–Trinajstić information content (AvgIpc) is 3.24. The van der Waals surface area contributed by atoms with Crippen molar-refractivity contribution in [2.24, 2.45) is 5.10 Å². The summed E-state index contributed by atoms with van der Waals surface area (Å²) in [6.07, 6.45) is 5.97. The molecular formula is C23H22N4O2S. The number of carbonyl (C=O) groups is 1. The summed E-state index contributed by atoms with van der Waals surface area (Å²) in [4.78, 5) is 13.5. The predicted molar refractivity (Wildman–Crippen MR) is 118 cm³/mol. The highest BCUT2D eigenvalue weighted by Gasteiger charge is 2.23. The summed E-state index contributed by atoms with van der Waals surface area (Å²) in [5, 5.41) is 24.2. The van der Waals surface area contributed by atoms with Crippen LogP contribution in [0.2, 0.25) is 0 Å². The van der Waals surface area contributed by atoms with E-state index in [1.54, 1.807) is 17.6 Å². The maximum atomic E-state index is 12.2. The molecule has 0 saturated carbocycles. The molecule has 3 aromatic rings. The summed E-state index contributed by atoms with van der Waals surface area (Å²) in [6.45, 7) is 4.01. The number of hydrogen-bond donors (Lipinski definition) is 2. The molecule has 30 heavy (non-hydrogen) atoms. The van der Waals surface area contributed by atoms with Crippen LogP contribution >= 0.6 is 11.3 Å². The molecule has 0 fully saturated rings. The number of phenols is 1. The lowest BCUT2D eigenvalue weighted by Gasteiger charge is -2.10. The van der Waals surface area contributed by atoms with Crippen molar-refractivity contribution in [3.63, 3.8) is 0 Å². The average molecular weight is 419 g/mol. The van der Waals surface area contributed by atoms with Gasteiger partial charge in [-0.25, -0.2) is 5.43 Å². The van der Waals surface area contributed by atoms with Crippen molar-refractivity contribution in [1.82, 2.24) is 9.99 Å². The number of benzene rings is 1. The maximum absolute atomic E-state index is 12.2. The fraction of sp³-hybridized carbons (Fsp3) is 0.261. The molecule has 152 valence electrons. The van der Waals surface area contributed by atoms with E-state index < -0.39 is 0 Å². The minimum absolute atomic E-state index is 0.106. The van der Waals surface area contributed by atoms with Crippen LogP contribution in [-0.2, 0) is 12.8 Å². The number of phenolic OH excluding ortho intramolecular Hbond substituents is 1. The van der Waals surface area contributed by atoms with Crippen LogP contribution in [0.4, 0.5) is 0 Å². The van der Waals surface area contributed by atoms with Gasteiger partial charge in [-0.15, -0.1) is 11.3 Å². The largest absolute Gasteiger partial charge is 0.508 e. The molecule has 1 aliphatic carbocycles. The van der Waals surface area contributed by atoms with Gasteiger partial charge in [0.05, 0.1) is 11.8 Å². The SMILES string of the molecule is Cc1cc(/C=N/NC(=O)c2ccc(O)cc2)c(C)n1-c1sc2c(c1C#N)CCCC2. The zero-order valence-electron chi connectivity index (χ0n) is 16.9. The Morgan fingerprint density at radius 1 is 1.27 bits per heavy atom. The number of nitriles is 1. The summed E-state index contributed by atoms with van der Waals surface area (Å²) >= 11 is 1.71. The van der Waals surface area contributed by atoms with Crippen LogP contribution in [0.1, 0.15) is 56.2 Å². The van der Waals surface area contributed by atoms with E-state index in [0.717, 1.165) is 46.8 Å². The van der Waals surface area contributed by atoms with Gasteiger partial charge >= 0.3 is 0 Å². The fourth-order valence-corrected chi connectivity index (χ4v) is 5.34. The first-order valence-corrected chi connectivity index (χ1v) is 10.7. The first kappa shape index (κ1) is 19.9. The molecule has 6 nitrogen and oxygen atoms in total. The number of fused-ring (bicyclic) bond motifs is 1. The summed E-state index contributed by atoms with van der Waals surface area (Å²) in [5.41, 5.74) is 7.82. The van der Waals surface area contributed by atoms with Gasteiger partial charge in [0.25, 0.3) is 5.91 Å². The third-order valence-corrected chi connectivity index (χ3v) is 6.71. The number of hydrazone groups is 1. The number of carbonyl (C=O) groups excluding carboxylic acids is 1. The lowest BCUT2D eigenvalue weighted by atomic mass is 9.96. The van der Waals surface area contributed by atoms with Gasteiger partial charge in [-0.05, 0) is 75.4 Å². The van der Waals surface area contributed by atoms with Crippen molar-refractivity contribution in [3.05, 3.63) is 68.9 Å². The Bertz CT molecular complexity index is 1180. The zero-order chi connectivity index (χ0) is 21.3. The number of thiophene rings is 1. The van der Waals surface area contributed by atoms with Crippen LogP contribution in [0, 0.1) is 25.2 Å². The molecule has 0 bridgehead atoms. The predicted octanol–water partition coefficient (Wildman–Crippen LogP) is 4.38. The Morgan fingerprint density at radius 2 is 2.00 bits per heavy atom. The van der Waals surface area contributed by atoms with E-state index in [9.17, 15) is 15.2 Å². The van der Waals surface area contributed by atoms with E-state index >= 15 is 0 Å². The molecule has 0 aliphatic heterocycles. The number of hydrogen-bond acceptors (Lipinski definition) is 5. The van der Waals surface area contributed by atoms with Crippen LogP contribution in [0.5, 0.6) is 5.75 Å². The molecule has 2 aromatic heterocycles. The summed E-state index contributed by atoms with van der Waals surface area (Å²) < 4.78 is 2.12. The zero-order valence-corrected chi connectivity index (χ0v) is 17.7. The molecular weight excluding hydrogens is 396 g/mol. The van der Waals surface area contributed by atoms with Gasteiger partial charge in [0.2, 0.25) is 0 Å². The molecule has 0 unspecified atom stereocenters. The van der Waals surface area contributed by atoms with Crippen LogP contribution in [0.25, 0.3) is 5.00 Å². The first-order valence-electron chi connectivity index (χ1n) is 9.86. The molecule has 0 saturated heterocycles. The number of amides is 1. The number of aromatic hydroxyl groups is 1. The highest BCUT2D eigenvalue weighted by Crippen LogP contribution is 2.38. The molecule has 1 amide bonds. The van der Waals surface area contributed by atoms with Crippen LogP contribution in [0.3, 0.4) is 0 Å². The summed E-state index contributed by atoms with van der Waals surface area (Å²) in [7, 11) is 0. The lowest BCUT2D eigenvalue weighted by Crippen LogP contribution is -2.17. The van der Waals surface area contributed by atoms with Crippen LogP contribution in [-0.4, -0.2) is 21.8 Å². The Hall–Kier alpha value is -3.37. The quantitative estimate of drug-likeness (QED) is 0.487. The Kier molecular flexibility index (Phi) is 5.42. The maximum Gasteiger partial charge on any atom is 0.271 e. The minimum atomic E-state index is -0.349.